The van der Waals surface area contributed by atoms with Crippen LogP contribution in [0.2, 0.25) is 0 Å². The lowest BCUT2D eigenvalue weighted by Crippen LogP contribution is -2.07. The van der Waals surface area contributed by atoms with Crippen LogP contribution in [0.15, 0.2) is 51.2 Å². The summed E-state index contributed by atoms with van der Waals surface area (Å²) in [6.07, 6.45) is 3.53. The number of aliphatic imine (C=N–C) groups is 1. The Hall–Kier alpha value is -2.49. The molecule has 0 unspecified atom stereocenters. The van der Waals surface area contributed by atoms with Gasteiger partial charge in [-0.1, -0.05) is 0 Å². The van der Waals surface area contributed by atoms with Gasteiger partial charge in [-0.05, 0) is 50.6 Å². The van der Waals surface area contributed by atoms with Gasteiger partial charge in [-0.15, -0.1) is 0 Å². The van der Waals surface area contributed by atoms with Gasteiger partial charge in [0.1, 0.15) is 11.3 Å². The van der Waals surface area contributed by atoms with Crippen LogP contribution in [0.25, 0.3) is 11.0 Å². The predicted octanol–water partition coefficient (Wildman–Crippen LogP) is 4.35. The summed E-state index contributed by atoms with van der Waals surface area (Å²) in [5.74, 6) is -0.152. The molecule has 0 saturated heterocycles. The molecule has 0 aliphatic heterocycles. The van der Waals surface area contributed by atoms with Crippen molar-refractivity contribution in [2.75, 3.05) is 0 Å². The summed E-state index contributed by atoms with van der Waals surface area (Å²) >= 11 is 0. The molecule has 2 rings (SSSR count). The average Bonchev–Trinajstić information content (AvgIpc) is 2.96. The van der Waals surface area contributed by atoms with E-state index in [1.54, 1.807) is 37.6 Å². The maximum absolute atomic E-state index is 12.2. The highest BCUT2D eigenvalue weighted by Gasteiger charge is 2.14. The average molecular weight is 297 g/mol. The molecular formula is C18H19NO3. The first kappa shape index (κ1) is 15.9. The summed E-state index contributed by atoms with van der Waals surface area (Å²) in [5, 5.41) is 0.887. The summed E-state index contributed by atoms with van der Waals surface area (Å²) in [5.41, 5.74) is 2.65. The lowest BCUT2D eigenvalue weighted by atomic mass is 10.0. The van der Waals surface area contributed by atoms with Crippen molar-refractivity contribution in [1.82, 2.24) is 0 Å². The third kappa shape index (κ3) is 3.58. The van der Waals surface area contributed by atoms with E-state index in [2.05, 4.69) is 4.99 Å². The largest absolute Gasteiger partial charge is 0.464 e. The monoisotopic (exact) mass is 297 g/mol. The number of ketones is 2. The zero-order valence-electron chi connectivity index (χ0n) is 13.1. The standard InChI is InChI=1S/C18H19NO3/c1-4-19-18(12(2)3)16(21)7-6-15(20)13-5-8-17-14(11-13)9-10-22-17/h4-5,8-11H,6-7H2,1-3H3. The molecule has 4 heteroatoms. The molecule has 0 fully saturated rings. The highest BCUT2D eigenvalue weighted by Crippen LogP contribution is 2.19. The van der Waals surface area contributed by atoms with E-state index in [4.69, 9.17) is 4.42 Å². The van der Waals surface area contributed by atoms with Gasteiger partial charge in [0, 0.05) is 30.0 Å². The minimum atomic E-state index is -0.101. The third-order valence-electron chi connectivity index (χ3n) is 3.35. The van der Waals surface area contributed by atoms with Gasteiger partial charge in [0.15, 0.2) is 11.6 Å². The van der Waals surface area contributed by atoms with Crippen LogP contribution < -0.4 is 0 Å². The lowest BCUT2D eigenvalue weighted by molar-refractivity contribution is -0.115. The Morgan fingerprint density at radius 3 is 2.64 bits per heavy atom. The van der Waals surface area contributed by atoms with Gasteiger partial charge in [-0.2, -0.15) is 0 Å². The molecule has 114 valence electrons. The van der Waals surface area contributed by atoms with Crippen LogP contribution in [-0.2, 0) is 4.79 Å². The van der Waals surface area contributed by atoms with Crippen LogP contribution in [0.4, 0.5) is 0 Å². The maximum Gasteiger partial charge on any atom is 0.181 e. The fraction of sp³-hybridized carbons (Fsp3) is 0.278. The summed E-state index contributed by atoms with van der Waals surface area (Å²) in [7, 11) is 0. The molecule has 1 aromatic carbocycles. The Bertz CT molecular complexity index is 761. The number of hydrogen-bond acceptors (Lipinski definition) is 4. The summed E-state index contributed by atoms with van der Waals surface area (Å²) in [6.45, 7) is 5.45. The topological polar surface area (TPSA) is 59.6 Å². The molecule has 0 bridgehead atoms. The van der Waals surface area contributed by atoms with Gasteiger partial charge < -0.3 is 4.42 Å². The van der Waals surface area contributed by atoms with E-state index >= 15 is 0 Å². The van der Waals surface area contributed by atoms with Crippen LogP contribution in [0.3, 0.4) is 0 Å². The number of benzene rings is 1. The first-order valence-corrected chi connectivity index (χ1v) is 7.22. The van der Waals surface area contributed by atoms with E-state index in [1.807, 2.05) is 19.9 Å². The Morgan fingerprint density at radius 1 is 1.18 bits per heavy atom. The van der Waals surface area contributed by atoms with E-state index in [0.29, 0.717) is 11.3 Å². The van der Waals surface area contributed by atoms with Crippen LogP contribution >= 0.6 is 0 Å². The van der Waals surface area contributed by atoms with Crippen LogP contribution in [0.1, 0.15) is 44.0 Å². The Labute approximate surface area is 129 Å². The zero-order chi connectivity index (χ0) is 16.1. The van der Waals surface area contributed by atoms with E-state index in [0.717, 1.165) is 16.5 Å². The Morgan fingerprint density at radius 2 is 1.95 bits per heavy atom. The molecule has 2 aromatic rings. The third-order valence-corrected chi connectivity index (χ3v) is 3.35. The molecule has 1 heterocycles. The van der Waals surface area contributed by atoms with Crippen molar-refractivity contribution >= 4 is 28.8 Å². The summed E-state index contributed by atoms with van der Waals surface area (Å²) in [6, 6.07) is 7.10. The SMILES string of the molecule is CC=NC(C(=O)CCC(=O)c1ccc2occc2c1)=C(C)C. The second-order valence-electron chi connectivity index (χ2n) is 5.26. The predicted molar refractivity (Wildman–Crippen MR) is 87.3 cm³/mol. The number of carbonyl (C=O) groups excluding carboxylic acids is 2. The van der Waals surface area contributed by atoms with Gasteiger partial charge in [0.25, 0.3) is 0 Å². The van der Waals surface area contributed by atoms with E-state index in [9.17, 15) is 9.59 Å². The first-order chi connectivity index (χ1) is 10.5. The number of rotatable bonds is 6. The molecule has 4 nitrogen and oxygen atoms in total. The van der Waals surface area contributed by atoms with E-state index < -0.39 is 0 Å². The van der Waals surface area contributed by atoms with Gasteiger partial charge in [-0.3, -0.25) is 14.6 Å². The molecule has 0 spiro atoms. The van der Waals surface area contributed by atoms with E-state index in [1.165, 1.54) is 0 Å². The smallest absolute Gasteiger partial charge is 0.181 e. The van der Waals surface area contributed by atoms with Crippen molar-refractivity contribution in [2.24, 2.45) is 4.99 Å². The van der Waals surface area contributed by atoms with Gasteiger partial charge in [0.2, 0.25) is 0 Å². The number of furan rings is 1. The van der Waals surface area contributed by atoms with Gasteiger partial charge in [-0.25, -0.2) is 0 Å². The normalized spacial score (nSPS) is 11.0. The molecule has 0 saturated carbocycles. The van der Waals surface area contributed by atoms with Crippen molar-refractivity contribution in [3.8, 4) is 0 Å². The van der Waals surface area contributed by atoms with E-state index in [-0.39, 0.29) is 24.4 Å². The molecule has 1 aromatic heterocycles. The van der Waals surface area contributed by atoms with Crippen molar-refractivity contribution in [3.63, 3.8) is 0 Å². The zero-order valence-corrected chi connectivity index (χ0v) is 13.1. The number of Topliss-reactive ketones (excluding diaryl/α,β-unsaturated/α-hetero) is 2. The highest BCUT2D eigenvalue weighted by molar-refractivity contribution is 6.03. The molecule has 22 heavy (non-hydrogen) atoms. The first-order valence-electron chi connectivity index (χ1n) is 7.22. The summed E-state index contributed by atoms with van der Waals surface area (Å²) in [4.78, 5) is 28.5. The minimum Gasteiger partial charge on any atom is -0.464 e. The van der Waals surface area contributed by atoms with Crippen molar-refractivity contribution in [2.45, 2.75) is 33.6 Å². The van der Waals surface area contributed by atoms with Crippen LogP contribution in [0.5, 0.6) is 0 Å². The van der Waals surface area contributed by atoms with Crippen LogP contribution in [-0.4, -0.2) is 17.8 Å². The van der Waals surface area contributed by atoms with Crippen molar-refractivity contribution in [1.29, 1.82) is 0 Å². The lowest BCUT2D eigenvalue weighted by Gasteiger charge is -2.04. The second-order valence-corrected chi connectivity index (χ2v) is 5.26. The second kappa shape index (κ2) is 6.98. The molecular weight excluding hydrogens is 278 g/mol. The minimum absolute atomic E-state index is 0.0509. The molecule has 0 radical (unpaired) electrons. The molecule has 0 aliphatic carbocycles. The quantitative estimate of drug-likeness (QED) is 0.452. The summed E-state index contributed by atoms with van der Waals surface area (Å²) < 4.78 is 5.25. The molecule has 0 aliphatic rings. The molecule has 0 N–H and O–H groups in total. The fourth-order valence-electron chi connectivity index (χ4n) is 2.24. The number of fused-ring (bicyclic) bond motifs is 1. The highest BCUT2D eigenvalue weighted by atomic mass is 16.3. The van der Waals surface area contributed by atoms with Gasteiger partial charge in [0.05, 0.1) is 6.26 Å². The molecule has 0 atom stereocenters. The number of nitrogens with zero attached hydrogens (tertiary/aromatic N) is 1. The number of hydrogen-bond donors (Lipinski definition) is 0. The number of allylic oxidation sites excluding steroid dienone is 2. The van der Waals surface area contributed by atoms with Gasteiger partial charge >= 0.3 is 0 Å². The fourth-order valence-corrected chi connectivity index (χ4v) is 2.24. The molecule has 0 amide bonds. The maximum atomic E-state index is 12.2. The number of carbonyl (C=O) groups is 2. The Kier molecular flexibility index (Phi) is 5.04. The Balaban J connectivity index is 2.06. The van der Waals surface area contributed by atoms with Crippen molar-refractivity contribution in [3.05, 3.63) is 47.4 Å². The van der Waals surface area contributed by atoms with Crippen LogP contribution in [0, 0.1) is 0 Å². The van der Waals surface area contributed by atoms with Crippen molar-refractivity contribution < 1.29 is 14.0 Å².